The Morgan fingerprint density at radius 1 is 1.45 bits per heavy atom. The molecule has 1 aliphatic carbocycles. The monoisotopic (exact) mass is 293 g/mol. The van der Waals surface area contributed by atoms with Crippen LogP contribution in [0.2, 0.25) is 0 Å². The molecular formula is C16H23NO2S. The van der Waals surface area contributed by atoms with E-state index in [1.807, 2.05) is 0 Å². The number of aliphatic carboxylic acids is 1. The first-order valence-corrected chi connectivity index (χ1v) is 8.14. The fourth-order valence-corrected chi connectivity index (χ4v) is 3.97. The van der Waals surface area contributed by atoms with Gasteiger partial charge in [-0.15, -0.1) is 11.8 Å². The summed E-state index contributed by atoms with van der Waals surface area (Å²) in [5.41, 5.74) is 7.67. The normalized spacial score (nSPS) is 25.9. The minimum atomic E-state index is -0.996. The quantitative estimate of drug-likeness (QED) is 0.817. The third-order valence-electron chi connectivity index (χ3n) is 4.48. The van der Waals surface area contributed by atoms with Crippen LogP contribution < -0.4 is 5.73 Å². The van der Waals surface area contributed by atoms with Crippen molar-refractivity contribution in [2.45, 2.75) is 50.0 Å². The Labute approximate surface area is 124 Å². The van der Waals surface area contributed by atoms with Crippen LogP contribution in [-0.2, 0) is 4.79 Å². The molecule has 0 spiro atoms. The van der Waals surface area contributed by atoms with Gasteiger partial charge in [-0.3, -0.25) is 4.79 Å². The molecule has 0 bridgehead atoms. The number of carboxylic acids is 1. The zero-order valence-corrected chi connectivity index (χ0v) is 13.0. The Morgan fingerprint density at radius 2 is 2.20 bits per heavy atom. The van der Waals surface area contributed by atoms with E-state index in [-0.39, 0.29) is 5.92 Å². The number of rotatable bonds is 5. The summed E-state index contributed by atoms with van der Waals surface area (Å²) in [6, 6.07) is 6.47. The second-order valence-corrected chi connectivity index (χ2v) is 6.99. The van der Waals surface area contributed by atoms with E-state index in [9.17, 15) is 9.90 Å². The number of hydrogen-bond donors (Lipinski definition) is 2. The van der Waals surface area contributed by atoms with Gasteiger partial charge in [0.25, 0.3) is 0 Å². The van der Waals surface area contributed by atoms with Crippen LogP contribution in [0.25, 0.3) is 0 Å². The van der Waals surface area contributed by atoms with Gasteiger partial charge in [-0.1, -0.05) is 12.5 Å². The van der Waals surface area contributed by atoms with E-state index in [0.717, 1.165) is 25.0 Å². The van der Waals surface area contributed by atoms with E-state index in [0.29, 0.717) is 6.42 Å². The van der Waals surface area contributed by atoms with Gasteiger partial charge in [0.2, 0.25) is 0 Å². The average molecular weight is 293 g/mol. The SMILES string of the molecule is Cc1ccc(SCCC2CCCC2(N)C(=O)O)cc1C. The molecule has 1 aromatic rings. The van der Waals surface area contributed by atoms with Crippen molar-refractivity contribution in [3.05, 3.63) is 29.3 Å². The number of hydrogen-bond acceptors (Lipinski definition) is 3. The number of aryl methyl sites for hydroxylation is 2. The molecule has 3 nitrogen and oxygen atoms in total. The number of carboxylic acid groups (broad SMARTS) is 1. The summed E-state index contributed by atoms with van der Waals surface area (Å²) in [7, 11) is 0. The van der Waals surface area contributed by atoms with E-state index < -0.39 is 11.5 Å². The molecule has 0 heterocycles. The van der Waals surface area contributed by atoms with Crippen molar-refractivity contribution in [3.63, 3.8) is 0 Å². The van der Waals surface area contributed by atoms with Crippen LogP contribution in [-0.4, -0.2) is 22.4 Å². The van der Waals surface area contributed by atoms with Gasteiger partial charge < -0.3 is 10.8 Å². The number of thioether (sulfide) groups is 1. The summed E-state index contributed by atoms with van der Waals surface area (Å²) in [6.07, 6.45) is 3.36. The standard InChI is InChI=1S/C16H23NO2S/c1-11-5-6-14(10-12(11)2)20-9-7-13-4-3-8-16(13,17)15(18)19/h5-6,10,13H,3-4,7-9,17H2,1-2H3,(H,18,19). The van der Waals surface area contributed by atoms with Gasteiger partial charge in [0.1, 0.15) is 5.54 Å². The molecule has 1 aromatic carbocycles. The van der Waals surface area contributed by atoms with E-state index in [1.165, 1.54) is 16.0 Å². The highest BCUT2D eigenvalue weighted by atomic mass is 32.2. The Morgan fingerprint density at radius 3 is 2.85 bits per heavy atom. The zero-order valence-electron chi connectivity index (χ0n) is 12.2. The first kappa shape index (κ1) is 15.4. The Hall–Kier alpha value is -1.00. The molecule has 2 unspecified atom stereocenters. The predicted octanol–water partition coefficient (Wildman–Crippen LogP) is 3.37. The van der Waals surface area contributed by atoms with Crippen LogP contribution in [0, 0.1) is 19.8 Å². The highest BCUT2D eigenvalue weighted by Gasteiger charge is 2.45. The summed E-state index contributed by atoms with van der Waals surface area (Å²) in [6.45, 7) is 4.23. The molecular weight excluding hydrogens is 270 g/mol. The van der Waals surface area contributed by atoms with E-state index in [4.69, 9.17) is 5.73 Å². The second kappa shape index (κ2) is 6.19. The Balaban J connectivity index is 1.89. The molecule has 3 N–H and O–H groups in total. The van der Waals surface area contributed by atoms with Crippen LogP contribution in [0.4, 0.5) is 0 Å². The molecule has 1 fully saturated rings. The van der Waals surface area contributed by atoms with Gasteiger partial charge in [0.05, 0.1) is 0 Å². The minimum Gasteiger partial charge on any atom is -0.480 e. The Bertz CT molecular complexity index is 503. The predicted molar refractivity (Wildman–Crippen MR) is 83.2 cm³/mol. The molecule has 110 valence electrons. The smallest absolute Gasteiger partial charge is 0.323 e. The van der Waals surface area contributed by atoms with Crippen LogP contribution in [0.1, 0.15) is 36.8 Å². The third kappa shape index (κ3) is 3.18. The molecule has 20 heavy (non-hydrogen) atoms. The van der Waals surface area contributed by atoms with Gasteiger partial charge in [0.15, 0.2) is 0 Å². The van der Waals surface area contributed by atoms with Crippen molar-refractivity contribution in [2.24, 2.45) is 11.7 Å². The van der Waals surface area contributed by atoms with E-state index >= 15 is 0 Å². The lowest BCUT2D eigenvalue weighted by Crippen LogP contribution is -2.51. The molecule has 0 aromatic heterocycles. The van der Waals surface area contributed by atoms with Crippen molar-refractivity contribution in [3.8, 4) is 0 Å². The van der Waals surface area contributed by atoms with Gasteiger partial charge >= 0.3 is 5.97 Å². The van der Waals surface area contributed by atoms with Crippen LogP contribution in [0.3, 0.4) is 0 Å². The summed E-state index contributed by atoms with van der Waals surface area (Å²) in [4.78, 5) is 12.6. The molecule has 1 aliphatic rings. The molecule has 2 atom stereocenters. The number of nitrogens with two attached hydrogens (primary N) is 1. The highest BCUT2D eigenvalue weighted by molar-refractivity contribution is 7.99. The largest absolute Gasteiger partial charge is 0.480 e. The minimum absolute atomic E-state index is 0.110. The van der Waals surface area contributed by atoms with E-state index in [1.54, 1.807) is 11.8 Å². The van der Waals surface area contributed by atoms with Crippen LogP contribution in [0.15, 0.2) is 23.1 Å². The Kier molecular flexibility index (Phi) is 4.76. The zero-order chi connectivity index (χ0) is 14.8. The summed E-state index contributed by atoms with van der Waals surface area (Å²) in [5.74, 6) is 0.203. The van der Waals surface area contributed by atoms with Crippen molar-refractivity contribution in [2.75, 3.05) is 5.75 Å². The van der Waals surface area contributed by atoms with Gasteiger partial charge in [-0.25, -0.2) is 0 Å². The molecule has 2 rings (SSSR count). The second-order valence-electron chi connectivity index (χ2n) is 5.82. The number of benzene rings is 1. The van der Waals surface area contributed by atoms with Crippen LogP contribution in [0.5, 0.6) is 0 Å². The maximum absolute atomic E-state index is 11.3. The molecule has 0 radical (unpaired) electrons. The van der Waals surface area contributed by atoms with Gasteiger partial charge in [0, 0.05) is 4.90 Å². The van der Waals surface area contributed by atoms with Crippen LogP contribution >= 0.6 is 11.8 Å². The lowest BCUT2D eigenvalue weighted by atomic mass is 9.86. The maximum atomic E-state index is 11.3. The lowest BCUT2D eigenvalue weighted by molar-refractivity contribution is -0.144. The molecule has 4 heteroatoms. The van der Waals surface area contributed by atoms with Crippen molar-refractivity contribution >= 4 is 17.7 Å². The van der Waals surface area contributed by atoms with Crippen molar-refractivity contribution in [1.29, 1.82) is 0 Å². The average Bonchev–Trinajstić information content (AvgIpc) is 2.77. The third-order valence-corrected chi connectivity index (χ3v) is 5.51. The van der Waals surface area contributed by atoms with E-state index in [2.05, 4.69) is 32.0 Å². The molecule has 1 saturated carbocycles. The fraction of sp³-hybridized carbons (Fsp3) is 0.562. The van der Waals surface area contributed by atoms with Crippen molar-refractivity contribution < 1.29 is 9.90 Å². The summed E-state index contributed by atoms with van der Waals surface area (Å²) in [5, 5.41) is 9.29. The molecule has 0 aliphatic heterocycles. The molecule has 0 amide bonds. The van der Waals surface area contributed by atoms with Gasteiger partial charge in [-0.05, 0) is 68.0 Å². The topological polar surface area (TPSA) is 63.3 Å². The maximum Gasteiger partial charge on any atom is 0.323 e. The lowest BCUT2D eigenvalue weighted by Gasteiger charge is -2.26. The highest BCUT2D eigenvalue weighted by Crippen LogP contribution is 2.37. The first-order chi connectivity index (χ1) is 9.43. The number of carbonyl (C=O) groups is 1. The summed E-state index contributed by atoms with van der Waals surface area (Å²) >= 11 is 1.79. The fourth-order valence-electron chi connectivity index (χ4n) is 2.91. The van der Waals surface area contributed by atoms with Crippen molar-refractivity contribution in [1.82, 2.24) is 0 Å². The van der Waals surface area contributed by atoms with Gasteiger partial charge in [-0.2, -0.15) is 0 Å². The molecule has 0 saturated heterocycles. The summed E-state index contributed by atoms with van der Waals surface area (Å²) < 4.78 is 0. The first-order valence-electron chi connectivity index (χ1n) is 7.16.